The number of aromatic nitrogens is 2. The van der Waals surface area contributed by atoms with Gasteiger partial charge in [0.25, 0.3) is 0 Å². The zero-order chi connectivity index (χ0) is 17.8. The highest BCUT2D eigenvalue weighted by Crippen LogP contribution is 2.14. The van der Waals surface area contributed by atoms with Crippen LogP contribution in [0.1, 0.15) is 26.5 Å². The van der Waals surface area contributed by atoms with E-state index >= 15 is 0 Å². The Morgan fingerprint density at radius 2 is 1.91 bits per heavy atom. The fraction of sp³-hybridized carbons (Fsp3) is 0.385. The quantitative estimate of drug-likeness (QED) is 0.348. The Labute approximate surface area is 133 Å². The lowest BCUT2D eigenvalue weighted by molar-refractivity contribution is -0.134. The van der Waals surface area contributed by atoms with E-state index < -0.39 is 17.7 Å². The molecule has 6 N–H and O–H groups in total. The van der Waals surface area contributed by atoms with Crippen LogP contribution in [0.2, 0.25) is 0 Å². The average Bonchev–Trinajstić information content (AvgIpc) is 2.36. The number of hydrogen-bond donors (Lipinski definition) is 4. The van der Waals surface area contributed by atoms with E-state index in [1.165, 1.54) is 19.4 Å². The third-order valence-electron chi connectivity index (χ3n) is 2.37. The van der Waals surface area contributed by atoms with E-state index in [1.807, 2.05) is 0 Å². The summed E-state index contributed by atoms with van der Waals surface area (Å²) < 4.78 is 5.07. The smallest absolute Gasteiger partial charge is 0.413 e. The largest absolute Gasteiger partial charge is 0.476 e. The van der Waals surface area contributed by atoms with Gasteiger partial charge < -0.3 is 20.6 Å². The van der Waals surface area contributed by atoms with Gasteiger partial charge in [-0.2, -0.15) is 0 Å². The molecule has 1 aromatic heterocycles. The number of rotatable bonds is 4. The molecule has 0 aliphatic heterocycles. The Hall–Kier alpha value is -2.88. The zero-order valence-electron chi connectivity index (χ0n) is 13.3. The monoisotopic (exact) mass is 324 g/mol. The van der Waals surface area contributed by atoms with Gasteiger partial charge in [0, 0.05) is 7.05 Å². The Balaban J connectivity index is 2.94. The molecule has 0 aliphatic carbocycles. The van der Waals surface area contributed by atoms with Crippen molar-refractivity contribution < 1.29 is 19.4 Å². The van der Waals surface area contributed by atoms with Gasteiger partial charge in [-0.05, 0) is 20.8 Å². The maximum Gasteiger partial charge on any atom is 0.413 e. The van der Waals surface area contributed by atoms with Gasteiger partial charge in [0.05, 0.1) is 18.1 Å². The number of carbonyl (C=O) groups excluding carboxylic acids is 1. The van der Waals surface area contributed by atoms with Crippen molar-refractivity contribution in [1.29, 1.82) is 0 Å². The normalized spacial score (nSPS) is 12.2. The molecule has 0 unspecified atom stereocenters. The summed E-state index contributed by atoms with van der Waals surface area (Å²) in [5.74, 6) is 4.26. The number of nitrogens with zero attached hydrogens (tertiary/aromatic N) is 3. The maximum atomic E-state index is 11.6. The summed E-state index contributed by atoms with van der Waals surface area (Å²) in [5.41, 5.74) is 4.72. The number of hydrazine groups is 1. The molecule has 0 atom stereocenters. The molecule has 1 rings (SSSR count). The molecule has 0 aliphatic rings. The number of carboxylic acid groups (broad SMARTS) is 1. The first-order chi connectivity index (χ1) is 10.5. The fourth-order valence-electron chi connectivity index (χ4n) is 1.52. The summed E-state index contributed by atoms with van der Waals surface area (Å²) in [7, 11) is 1.34. The molecule has 0 saturated carbocycles. The van der Waals surface area contributed by atoms with Gasteiger partial charge >= 0.3 is 12.1 Å². The van der Waals surface area contributed by atoms with Crippen LogP contribution in [0.25, 0.3) is 5.70 Å². The first kappa shape index (κ1) is 18.2. The lowest BCUT2D eigenvalue weighted by Gasteiger charge is -2.19. The van der Waals surface area contributed by atoms with Crippen molar-refractivity contribution in [2.75, 3.05) is 12.4 Å². The molecule has 10 heteroatoms. The highest BCUT2D eigenvalue weighted by atomic mass is 16.6. The van der Waals surface area contributed by atoms with Crippen LogP contribution in [0.5, 0.6) is 0 Å². The minimum atomic E-state index is -1.30. The Kier molecular flexibility index (Phi) is 5.47. The second kappa shape index (κ2) is 6.92. The standard InChI is InChI=1S/C13H20N6O4/c1-13(2,3)23-12(22)18-8-6-16-7(5-17-8)9(14)10(11(20)21)19(4)15/h5-6H,14-15H2,1-4H3,(H,20,21)(H,17,18,22)/b10-9-. The van der Waals surface area contributed by atoms with E-state index in [0.29, 0.717) is 0 Å². The first-order valence-electron chi connectivity index (χ1n) is 6.55. The van der Waals surface area contributed by atoms with E-state index in [1.54, 1.807) is 20.8 Å². The number of ether oxygens (including phenoxy) is 1. The molecule has 0 aromatic carbocycles. The van der Waals surface area contributed by atoms with E-state index in [0.717, 1.165) is 5.01 Å². The molecule has 1 heterocycles. The van der Waals surface area contributed by atoms with Crippen molar-refractivity contribution in [2.24, 2.45) is 11.6 Å². The molecule has 0 bridgehead atoms. The highest BCUT2D eigenvalue weighted by molar-refractivity contribution is 5.94. The van der Waals surface area contributed by atoms with Gasteiger partial charge in [-0.25, -0.2) is 25.4 Å². The zero-order valence-corrected chi connectivity index (χ0v) is 13.3. The minimum Gasteiger partial charge on any atom is -0.476 e. The number of carboxylic acids is 1. The fourth-order valence-corrected chi connectivity index (χ4v) is 1.52. The molecule has 10 nitrogen and oxygen atoms in total. The SMILES string of the molecule is CN(N)/C(C(=O)O)=C(\N)c1cnc(NC(=O)OC(C)(C)C)cn1. The summed E-state index contributed by atoms with van der Waals surface area (Å²) >= 11 is 0. The molecular formula is C13H20N6O4. The summed E-state index contributed by atoms with van der Waals surface area (Å²) in [4.78, 5) is 30.6. The maximum absolute atomic E-state index is 11.6. The summed E-state index contributed by atoms with van der Waals surface area (Å²) in [6.07, 6.45) is 1.76. The predicted octanol–water partition coefficient (Wildman–Crippen LogP) is 0.341. The van der Waals surface area contributed by atoms with Crippen LogP contribution in [-0.4, -0.2) is 44.8 Å². The molecule has 0 saturated heterocycles. The number of aliphatic carboxylic acids is 1. The van der Waals surface area contributed by atoms with Crippen LogP contribution in [0, 0.1) is 0 Å². The average molecular weight is 324 g/mol. The Bertz CT molecular complexity index is 618. The van der Waals surface area contributed by atoms with Crippen molar-refractivity contribution >= 4 is 23.6 Å². The van der Waals surface area contributed by atoms with Crippen LogP contribution < -0.4 is 16.9 Å². The van der Waals surface area contributed by atoms with Gasteiger partial charge in [0.1, 0.15) is 11.3 Å². The van der Waals surface area contributed by atoms with Gasteiger partial charge in [-0.1, -0.05) is 0 Å². The van der Waals surface area contributed by atoms with E-state index in [2.05, 4.69) is 15.3 Å². The summed E-state index contributed by atoms with van der Waals surface area (Å²) in [6.45, 7) is 5.18. The van der Waals surface area contributed by atoms with E-state index in [4.69, 9.17) is 21.4 Å². The van der Waals surface area contributed by atoms with Gasteiger partial charge in [-0.3, -0.25) is 5.32 Å². The number of likely N-dealkylation sites (N-methyl/N-ethyl adjacent to an activating group) is 1. The van der Waals surface area contributed by atoms with Crippen LogP contribution in [-0.2, 0) is 9.53 Å². The molecule has 0 spiro atoms. The Morgan fingerprint density at radius 3 is 2.30 bits per heavy atom. The number of nitrogens with one attached hydrogen (secondary N) is 1. The predicted molar refractivity (Wildman–Crippen MR) is 82.6 cm³/mol. The lowest BCUT2D eigenvalue weighted by Crippen LogP contribution is -2.32. The second-order valence-corrected chi connectivity index (χ2v) is 5.59. The molecule has 1 aromatic rings. The lowest BCUT2D eigenvalue weighted by atomic mass is 10.2. The molecule has 0 fully saturated rings. The van der Waals surface area contributed by atoms with Crippen LogP contribution in [0.4, 0.5) is 10.6 Å². The number of nitrogens with two attached hydrogens (primary N) is 2. The van der Waals surface area contributed by atoms with Gasteiger partial charge in [0.2, 0.25) is 0 Å². The van der Waals surface area contributed by atoms with Crippen LogP contribution >= 0.6 is 0 Å². The first-order valence-corrected chi connectivity index (χ1v) is 6.55. The molecule has 23 heavy (non-hydrogen) atoms. The van der Waals surface area contributed by atoms with Crippen LogP contribution in [0.3, 0.4) is 0 Å². The minimum absolute atomic E-state index is 0.106. The van der Waals surface area contributed by atoms with Crippen molar-refractivity contribution in [3.63, 3.8) is 0 Å². The van der Waals surface area contributed by atoms with Gasteiger partial charge in [0.15, 0.2) is 11.5 Å². The number of amides is 1. The second-order valence-electron chi connectivity index (χ2n) is 5.59. The summed E-state index contributed by atoms with van der Waals surface area (Å²) in [5, 5.41) is 12.3. The number of anilines is 1. The molecule has 1 amide bonds. The van der Waals surface area contributed by atoms with E-state index in [-0.39, 0.29) is 22.9 Å². The highest BCUT2D eigenvalue weighted by Gasteiger charge is 2.19. The van der Waals surface area contributed by atoms with E-state index in [9.17, 15) is 9.59 Å². The molecular weight excluding hydrogens is 304 g/mol. The third kappa shape index (κ3) is 5.43. The molecule has 0 radical (unpaired) electrons. The van der Waals surface area contributed by atoms with Crippen molar-refractivity contribution in [2.45, 2.75) is 26.4 Å². The van der Waals surface area contributed by atoms with Crippen molar-refractivity contribution in [3.05, 3.63) is 23.8 Å². The van der Waals surface area contributed by atoms with Crippen molar-refractivity contribution in [1.82, 2.24) is 15.0 Å². The molecule has 126 valence electrons. The topological polar surface area (TPSA) is 157 Å². The number of carbonyl (C=O) groups is 2. The van der Waals surface area contributed by atoms with Crippen molar-refractivity contribution in [3.8, 4) is 0 Å². The number of hydrogen-bond acceptors (Lipinski definition) is 8. The Morgan fingerprint density at radius 1 is 1.30 bits per heavy atom. The van der Waals surface area contributed by atoms with Gasteiger partial charge in [-0.15, -0.1) is 0 Å². The van der Waals surface area contributed by atoms with Crippen LogP contribution in [0.15, 0.2) is 18.1 Å². The summed E-state index contributed by atoms with van der Waals surface area (Å²) in [6, 6.07) is 0. The third-order valence-corrected chi connectivity index (χ3v) is 2.37.